The van der Waals surface area contributed by atoms with Crippen molar-refractivity contribution in [2.75, 3.05) is 0 Å². The summed E-state index contributed by atoms with van der Waals surface area (Å²) in [6.45, 7) is 4.67. The number of hydrogen-bond donors (Lipinski definition) is 0. The Hall–Kier alpha value is -0.540. The van der Waals surface area contributed by atoms with Crippen molar-refractivity contribution < 1.29 is 4.79 Å². The van der Waals surface area contributed by atoms with Gasteiger partial charge in [0.05, 0.1) is 10.6 Å². The summed E-state index contributed by atoms with van der Waals surface area (Å²) in [6, 6.07) is 3.93. The van der Waals surface area contributed by atoms with Gasteiger partial charge < -0.3 is 4.90 Å². The van der Waals surface area contributed by atoms with E-state index in [1.54, 1.807) is 6.07 Å². The summed E-state index contributed by atoms with van der Waals surface area (Å²) in [5.41, 5.74) is 1.67. The Bertz CT molecular complexity index is 431. The van der Waals surface area contributed by atoms with E-state index in [0.717, 1.165) is 10.0 Å². The van der Waals surface area contributed by atoms with Crippen molar-refractivity contribution in [1.82, 2.24) is 4.90 Å². The van der Waals surface area contributed by atoms with Gasteiger partial charge in [0, 0.05) is 17.1 Å². The Morgan fingerprint density at radius 2 is 2.13 bits per heavy atom. The molecule has 2 nitrogen and oxygen atoms in total. The standard InChI is InChI=1S/C11H11BrClNO/c1-6(2)14-5-7-3-8(12)4-9(13)10(7)11(14)15/h3-4,6H,5H2,1-2H3. The molecule has 1 aliphatic heterocycles. The van der Waals surface area contributed by atoms with Crippen LogP contribution in [0.1, 0.15) is 29.8 Å². The van der Waals surface area contributed by atoms with Crippen molar-refractivity contribution in [3.63, 3.8) is 0 Å². The normalized spacial score (nSPS) is 15.0. The van der Waals surface area contributed by atoms with E-state index in [9.17, 15) is 4.79 Å². The molecule has 0 fully saturated rings. The predicted octanol–water partition coefficient (Wildman–Crippen LogP) is 3.47. The first kappa shape index (κ1) is 11.0. The highest BCUT2D eigenvalue weighted by atomic mass is 79.9. The maximum atomic E-state index is 12.0. The first-order valence-corrected chi connectivity index (χ1v) is 5.96. The van der Waals surface area contributed by atoms with Crippen LogP contribution < -0.4 is 0 Å². The van der Waals surface area contributed by atoms with Crippen molar-refractivity contribution in [2.45, 2.75) is 26.4 Å². The summed E-state index contributed by atoms with van der Waals surface area (Å²) in [5.74, 6) is 0.0394. The fourth-order valence-corrected chi connectivity index (χ4v) is 2.76. The smallest absolute Gasteiger partial charge is 0.256 e. The molecule has 0 spiro atoms. The third-order valence-corrected chi connectivity index (χ3v) is 3.33. The van der Waals surface area contributed by atoms with Crippen LogP contribution in [0, 0.1) is 0 Å². The van der Waals surface area contributed by atoms with Gasteiger partial charge in [-0.1, -0.05) is 27.5 Å². The zero-order valence-electron chi connectivity index (χ0n) is 8.55. The Morgan fingerprint density at radius 1 is 1.47 bits per heavy atom. The molecule has 0 N–H and O–H groups in total. The number of carbonyl (C=O) groups excluding carboxylic acids is 1. The second-order valence-corrected chi connectivity index (χ2v) is 5.27. The minimum Gasteiger partial charge on any atom is -0.332 e. The van der Waals surface area contributed by atoms with Crippen LogP contribution in [-0.4, -0.2) is 16.8 Å². The highest BCUT2D eigenvalue weighted by molar-refractivity contribution is 9.10. The fourth-order valence-electron chi connectivity index (χ4n) is 1.81. The third-order valence-electron chi connectivity index (χ3n) is 2.58. The topological polar surface area (TPSA) is 20.3 Å². The maximum absolute atomic E-state index is 12.0. The molecule has 1 aromatic carbocycles. The lowest BCUT2D eigenvalue weighted by atomic mass is 10.1. The van der Waals surface area contributed by atoms with Crippen LogP contribution in [0.5, 0.6) is 0 Å². The number of rotatable bonds is 1. The minimum absolute atomic E-state index is 0.0394. The molecular weight excluding hydrogens is 277 g/mol. The highest BCUT2D eigenvalue weighted by Gasteiger charge is 2.31. The van der Waals surface area contributed by atoms with Gasteiger partial charge in [0.25, 0.3) is 5.91 Å². The molecule has 0 aromatic heterocycles. The molecule has 0 saturated carbocycles. The van der Waals surface area contributed by atoms with Crippen molar-refractivity contribution in [3.05, 3.63) is 32.8 Å². The molecular formula is C11H11BrClNO. The van der Waals surface area contributed by atoms with Crippen LogP contribution in [0.25, 0.3) is 0 Å². The van der Waals surface area contributed by atoms with Gasteiger partial charge in [-0.15, -0.1) is 0 Å². The van der Waals surface area contributed by atoms with E-state index in [1.165, 1.54) is 0 Å². The van der Waals surface area contributed by atoms with Crippen LogP contribution in [0.3, 0.4) is 0 Å². The van der Waals surface area contributed by atoms with E-state index >= 15 is 0 Å². The van der Waals surface area contributed by atoms with Crippen molar-refractivity contribution >= 4 is 33.4 Å². The summed E-state index contributed by atoms with van der Waals surface area (Å²) in [4.78, 5) is 13.8. The van der Waals surface area contributed by atoms with E-state index in [0.29, 0.717) is 17.1 Å². The molecule has 0 saturated heterocycles. The number of amides is 1. The van der Waals surface area contributed by atoms with Gasteiger partial charge in [-0.05, 0) is 31.5 Å². The van der Waals surface area contributed by atoms with Crippen molar-refractivity contribution in [3.8, 4) is 0 Å². The first-order valence-electron chi connectivity index (χ1n) is 4.79. The number of benzene rings is 1. The van der Waals surface area contributed by atoms with E-state index in [-0.39, 0.29) is 11.9 Å². The van der Waals surface area contributed by atoms with Crippen LogP contribution in [0.15, 0.2) is 16.6 Å². The lowest BCUT2D eigenvalue weighted by Gasteiger charge is -2.19. The molecule has 1 heterocycles. The van der Waals surface area contributed by atoms with Gasteiger partial charge in [0.2, 0.25) is 0 Å². The summed E-state index contributed by atoms with van der Waals surface area (Å²) in [7, 11) is 0. The van der Waals surface area contributed by atoms with Crippen LogP contribution in [-0.2, 0) is 6.54 Å². The van der Waals surface area contributed by atoms with Gasteiger partial charge in [0.1, 0.15) is 0 Å². The number of hydrogen-bond acceptors (Lipinski definition) is 1. The second kappa shape index (κ2) is 3.80. The number of nitrogens with zero attached hydrogens (tertiary/aromatic N) is 1. The molecule has 1 aromatic rings. The fraction of sp³-hybridized carbons (Fsp3) is 0.364. The molecule has 80 valence electrons. The van der Waals surface area contributed by atoms with Gasteiger partial charge in [-0.3, -0.25) is 4.79 Å². The number of carbonyl (C=O) groups is 1. The summed E-state index contributed by atoms with van der Waals surface area (Å²) >= 11 is 9.44. The molecule has 0 atom stereocenters. The molecule has 0 aliphatic carbocycles. The van der Waals surface area contributed by atoms with Gasteiger partial charge >= 0.3 is 0 Å². The zero-order valence-corrected chi connectivity index (χ0v) is 10.9. The molecule has 2 rings (SSSR count). The van der Waals surface area contributed by atoms with Crippen LogP contribution in [0.4, 0.5) is 0 Å². The van der Waals surface area contributed by atoms with E-state index in [2.05, 4.69) is 15.9 Å². The lowest BCUT2D eigenvalue weighted by Crippen LogP contribution is -2.30. The number of halogens is 2. The Morgan fingerprint density at radius 3 is 2.73 bits per heavy atom. The predicted molar refractivity (Wildman–Crippen MR) is 64.2 cm³/mol. The second-order valence-electron chi connectivity index (χ2n) is 3.95. The van der Waals surface area contributed by atoms with E-state index in [4.69, 9.17) is 11.6 Å². The van der Waals surface area contributed by atoms with Crippen LogP contribution >= 0.6 is 27.5 Å². The Labute approximate surface area is 102 Å². The van der Waals surface area contributed by atoms with E-state index in [1.807, 2.05) is 24.8 Å². The monoisotopic (exact) mass is 287 g/mol. The van der Waals surface area contributed by atoms with E-state index < -0.39 is 0 Å². The molecule has 4 heteroatoms. The number of fused-ring (bicyclic) bond motifs is 1. The molecule has 0 radical (unpaired) electrons. The van der Waals surface area contributed by atoms with Gasteiger partial charge in [-0.2, -0.15) is 0 Å². The highest BCUT2D eigenvalue weighted by Crippen LogP contribution is 2.33. The molecule has 0 unspecified atom stereocenters. The SMILES string of the molecule is CC(C)N1Cc2cc(Br)cc(Cl)c2C1=O. The van der Waals surface area contributed by atoms with Crippen molar-refractivity contribution in [2.24, 2.45) is 0 Å². The largest absolute Gasteiger partial charge is 0.332 e. The molecule has 0 bridgehead atoms. The molecule has 15 heavy (non-hydrogen) atoms. The Balaban J connectivity index is 2.50. The Kier molecular flexibility index (Phi) is 2.77. The summed E-state index contributed by atoms with van der Waals surface area (Å²) in [6.07, 6.45) is 0. The first-order chi connectivity index (χ1) is 7.00. The third kappa shape index (κ3) is 1.79. The van der Waals surface area contributed by atoms with Crippen LogP contribution in [0.2, 0.25) is 5.02 Å². The lowest BCUT2D eigenvalue weighted by molar-refractivity contribution is 0.0731. The van der Waals surface area contributed by atoms with Gasteiger partial charge in [0.15, 0.2) is 0 Å². The average Bonchev–Trinajstić information content (AvgIpc) is 2.42. The van der Waals surface area contributed by atoms with Gasteiger partial charge in [-0.25, -0.2) is 0 Å². The molecule has 1 amide bonds. The average molecular weight is 289 g/mol. The minimum atomic E-state index is 0.0394. The summed E-state index contributed by atoms with van der Waals surface area (Å²) in [5, 5.41) is 0.535. The quantitative estimate of drug-likeness (QED) is 0.775. The van der Waals surface area contributed by atoms with Crippen molar-refractivity contribution in [1.29, 1.82) is 0 Å². The summed E-state index contributed by atoms with van der Waals surface area (Å²) < 4.78 is 0.921. The molecule has 1 aliphatic rings. The zero-order chi connectivity index (χ0) is 11.2. The maximum Gasteiger partial charge on any atom is 0.256 e.